The van der Waals surface area contributed by atoms with Gasteiger partial charge in [-0.15, -0.1) is 6.58 Å². The summed E-state index contributed by atoms with van der Waals surface area (Å²) in [5, 5.41) is 9.23. The summed E-state index contributed by atoms with van der Waals surface area (Å²) in [6.07, 6.45) is -3.70. The van der Waals surface area contributed by atoms with Gasteiger partial charge >= 0.3 is 6.18 Å². The average Bonchev–Trinajstić information content (AvgIpc) is 1.84. The summed E-state index contributed by atoms with van der Waals surface area (Å²) in [7, 11) is 0. The molecule has 1 unspecified atom stereocenters. The molecule has 0 spiro atoms. The van der Waals surface area contributed by atoms with Gasteiger partial charge in [0.25, 0.3) is 0 Å². The molecule has 1 N–H and O–H groups in total. The SMILES string of the molecule is C=CC(C)(O)CCCC(F)(F)F. The van der Waals surface area contributed by atoms with E-state index in [1.807, 2.05) is 0 Å². The normalized spacial score (nSPS) is 17.1. The predicted octanol–water partition coefficient (Wildman–Crippen LogP) is 2.66. The highest BCUT2D eigenvalue weighted by Crippen LogP contribution is 2.24. The molecule has 0 rings (SSSR count). The fourth-order valence-electron chi connectivity index (χ4n) is 0.749. The van der Waals surface area contributed by atoms with Gasteiger partial charge in [-0.3, -0.25) is 0 Å². The number of alkyl halides is 3. The van der Waals surface area contributed by atoms with Crippen molar-refractivity contribution in [2.75, 3.05) is 0 Å². The van der Waals surface area contributed by atoms with E-state index in [1.165, 1.54) is 13.0 Å². The second kappa shape index (κ2) is 3.94. The third-order valence-electron chi connectivity index (χ3n) is 1.58. The monoisotopic (exact) mass is 182 g/mol. The topological polar surface area (TPSA) is 20.2 Å². The number of aliphatic hydroxyl groups is 1. The van der Waals surface area contributed by atoms with E-state index in [1.54, 1.807) is 0 Å². The molecule has 1 atom stereocenters. The molecule has 0 saturated heterocycles. The minimum Gasteiger partial charge on any atom is -0.386 e. The molecule has 0 aromatic carbocycles. The molecule has 0 heterocycles. The first-order valence-electron chi connectivity index (χ1n) is 3.69. The van der Waals surface area contributed by atoms with E-state index in [-0.39, 0.29) is 12.8 Å². The molecule has 0 aliphatic heterocycles. The maximum atomic E-state index is 11.6. The Morgan fingerprint density at radius 3 is 2.17 bits per heavy atom. The molecular weight excluding hydrogens is 169 g/mol. The summed E-state index contributed by atoms with van der Waals surface area (Å²) in [6.45, 7) is 4.76. The zero-order chi connectivity index (χ0) is 9.83. The van der Waals surface area contributed by atoms with Crippen LogP contribution in [-0.4, -0.2) is 16.9 Å². The van der Waals surface area contributed by atoms with Crippen LogP contribution in [0.3, 0.4) is 0 Å². The van der Waals surface area contributed by atoms with E-state index in [9.17, 15) is 18.3 Å². The molecule has 0 bridgehead atoms. The van der Waals surface area contributed by atoms with Crippen molar-refractivity contribution in [1.29, 1.82) is 0 Å². The van der Waals surface area contributed by atoms with Crippen molar-refractivity contribution in [2.45, 2.75) is 38.0 Å². The van der Waals surface area contributed by atoms with E-state index in [0.29, 0.717) is 0 Å². The number of rotatable bonds is 4. The van der Waals surface area contributed by atoms with Crippen LogP contribution in [0.4, 0.5) is 13.2 Å². The molecule has 0 fully saturated rings. The zero-order valence-electron chi connectivity index (χ0n) is 6.99. The largest absolute Gasteiger partial charge is 0.389 e. The fourth-order valence-corrected chi connectivity index (χ4v) is 0.749. The number of hydrogen-bond acceptors (Lipinski definition) is 1. The Hall–Kier alpha value is -0.510. The van der Waals surface area contributed by atoms with Gasteiger partial charge in [0.1, 0.15) is 0 Å². The first-order valence-corrected chi connectivity index (χ1v) is 3.69. The Morgan fingerprint density at radius 1 is 1.33 bits per heavy atom. The summed E-state index contributed by atoms with van der Waals surface area (Å²) in [6, 6.07) is 0. The molecule has 72 valence electrons. The fraction of sp³-hybridized carbons (Fsp3) is 0.750. The molecule has 1 nitrogen and oxygen atoms in total. The van der Waals surface area contributed by atoms with Gasteiger partial charge in [-0.25, -0.2) is 0 Å². The van der Waals surface area contributed by atoms with Crippen LogP contribution in [0.2, 0.25) is 0 Å². The predicted molar refractivity (Wildman–Crippen MR) is 40.7 cm³/mol. The minimum absolute atomic E-state index is 0.0669. The molecular formula is C8H13F3O. The van der Waals surface area contributed by atoms with E-state index in [0.717, 1.165) is 0 Å². The summed E-state index contributed by atoms with van der Waals surface area (Å²) in [5.41, 5.74) is -1.18. The maximum Gasteiger partial charge on any atom is 0.389 e. The second-order valence-electron chi connectivity index (χ2n) is 3.03. The lowest BCUT2D eigenvalue weighted by Crippen LogP contribution is -2.21. The van der Waals surface area contributed by atoms with Crippen LogP contribution in [0.1, 0.15) is 26.2 Å². The van der Waals surface area contributed by atoms with Crippen molar-refractivity contribution in [3.05, 3.63) is 12.7 Å². The molecule has 0 aromatic rings. The highest BCUT2D eigenvalue weighted by molar-refractivity contribution is 4.91. The summed E-state index contributed by atoms with van der Waals surface area (Å²) in [4.78, 5) is 0. The second-order valence-corrected chi connectivity index (χ2v) is 3.03. The van der Waals surface area contributed by atoms with E-state index in [4.69, 9.17) is 0 Å². The van der Waals surface area contributed by atoms with Gasteiger partial charge in [-0.2, -0.15) is 13.2 Å². The molecule has 0 aromatic heterocycles. The van der Waals surface area contributed by atoms with Crippen molar-refractivity contribution >= 4 is 0 Å². The van der Waals surface area contributed by atoms with Crippen LogP contribution in [0.5, 0.6) is 0 Å². The summed E-state index contributed by atoms with van der Waals surface area (Å²) in [5.74, 6) is 0. The van der Waals surface area contributed by atoms with Gasteiger partial charge in [0, 0.05) is 6.42 Å². The average molecular weight is 182 g/mol. The van der Waals surface area contributed by atoms with Gasteiger partial charge in [0.15, 0.2) is 0 Å². The van der Waals surface area contributed by atoms with E-state index >= 15 is 0 Å². The molecule has 0 aliphatic rings. The van der Waals surface area contributed by atoms with Gasteiger partial charge in [0.05, 0.1) is 5.60 Å². The zero-order valence-corrected chi connectivity index (χ0v) is 6.99. The maximum absolute atomic E-state index is 11.6. The molecule has 0 aliphatic carbocycles. The number of hydrogen-bond donors (Lipinski definition) is 1. The van der Waals surface area contributed by atoms with Crippen LogP contribution in [0.25, 0.3) is 0 Å². The summed E-state index contributed by atoms with van der Waals surface area (Å²) >= 11 is 0. The Morgan fingerprint density at radius 2 is 1.83 bits per heavy atom. The first-order chi connectivity index (χ1) is 5.27. The Labute approximate surface area is 69.9 Å². The lowest BCUT2D eigenvalue weighted by atomic mass is 9.99. The lowest BCUT2D eigenvalue weighted by Gasteiger charge is -2.18. The van der Waals surface area contributed by atoms with Gasteiger partial charge in [0.2, 0.25) is 0 Å². The Balaban J connectivity index is 3.64. The van der Waals surface area contributed by atoms with Crippen molar-refractivity contribution in [3.8, 4) is 0 Å². The Bertz CT molecular complexity index is 149. The smallest absolute Gasteiger partial charge is 0.386 e. The van der Waals surface area contributed by atoms with Crippen molar-refractivity contribution < 1.29 is 18.3 Å². The third-order valence-corrected chi connectivity index (χ3v) is 1.58. The van der Waals surface area contributed by atoms with Gasteiger partial charge < -0.3 is 5.11 Å². The minimum atomic E-state index is -4.13. The number of halogens is 3. The lowest BCUT2D eigenvalue weighted by molar-refractivity contribution is -0.137. The van der Waals surface area contributed by atoms with E-state index in [2.05, 4.69) is 6.58 Å². The van der Waals surface area contributed by atoms with Crippen LogP contribution >= 0.6 is 0 Å². The van der Waals surface area contributed by atoms with Crippen LogP contribution in [0, 0.1) is 0 Å². The standard InChI is InChI=1S/C8H13F3O/c1-3-7(2,12)5-4-6-8(9,10)11/h3,12H,1,4-6H2,2H3. The van der Waals surface area contributed by atoms with Crippen LogP contribution < -0.4 is 0 Å². The Kier molecular flexibility index (Phi) is 3.77. The molecule has 0 amide bonds. The highest BCUT2D eigenvalue weighted by atomic mass is 19.4. The van der Waals surface area contributed by atoms with Gasteiger partial charge in [-0.05, 0) is 19.8 Å². The van der Waals surface area contributed by atoms with Crippen molar-refractivity contribution in [2.24, 2.45) is 0 Å². The molecule has 0 radical (unpaired) electrons. The molecule has 12 heavy (non-hydrogen) atoms. The van der Waals surface area contributed by atoms with Crippen LogP contribution in [0.15, 0.2) is 12.7 Å². The quantitative estimate of drug-likeness (QED) is 0.662. The van der Waals surface area contributed by atoms with Crippen LogP contribution in [-0.2, 0) is 0 Å². The molecule has 0 saturated carbocycles. The van der Waals surface area contributed by atoms with Crippen molar-refractivity contribution in [1.82, 2.24) is 0 Å². The van der Waals surface area contributed by atoms with Crippen molar-refractivity contribution in [3.63, 3.8) is 0 Å². The summed E-state index contributed by atoms with van der Waals surface area (Å²) < 4.78 is 34.9. The molecule has 4 heteroatoms. The van der Waals surface area contributed by atoms with Gasteiger partial charge in [-0.1, -0.05) is 6.08 Å². The van der Waals surface area contributed by atoms with E-state index < -0.39 is 18.2 Å². The third kappa shape index (κ3) is 6.22. The first kappa shape index (κ1) is 11.5. The highest BCUT2D eigenvalue weighted by Gasteiger charge is 2.27.